The number of thioether (sulfide) groups is 1. The second kappa shape index (κ2) is 4.98. The molecule has 1 N–H and O–H groups in total. The van der Waals surface area contributed by atoms with E-state index >= 15 is 0 Å². The van der Waals surface area contributed by atoms with E-state index in [9.17, 15) is 5.11 Å². The predicted molar refractivity (Wildman–Crippen MR) is 68.2 cm³/mol. The van der Waals surface area contributed by atoms with Gasteiger partial charge in [0.05, 0.1) is 6.10 Å². The van der Waals surface area contributed by atoms with Crippen molar-refractivity contribution in [1.82, 2.24) is 14.8 Å². The van der Waals surface area contributed by atoms with E-state index in [0.29, 0.717) is 11.7 Å². The van der Waals surface area contributed by atoms with E-state index in [4.69, 9.17) is 0 Å². The molecule has 4 nitrogen and oxygen atoms in total. The Labute approximate surface area is 106 Å². The molecule has 1 aromatic heterocycles. The van der Waals surface area contributed by atoms with Crippen LogP contribution in [0.5, 0.6) is 0 Å². The van der Waals surface area contributed by atoms with Gasteiger partial charge in [-0.3, -0.25) is 0 Å². The van der Waals surface area contributed by atoms with Crippen LogP contribution in [0, 0.1) is 0 Å². The molecule has 1 saturated heterocycles. The molecule has 3 rings (SSSR count). The maximum Gasteiger partial charge on any atom is 0.152 e. The molecule has 2 atom stereocenters. The summed E-state index contributed by atoms with van der Waals surface area (Å²) in [7, 11) is 0. The fourth-order valence-corrected chi connectivity index (χ4v) is 3.90. The van der Waals surface area contributed by atoms with E-state index in [2.05, 4.69) is 21.8 Å². The number of hydrogen-bond donors (Lipinski definition) is 1. The first kappa shape index (κ1) is 11.5. The Morgan fingerprint density at radius 1 is 1.35 bits per heavy atom. The molecule has 17 heavy (non-hydrogen) atoms. The molecule has 0 saturated carbocycles. The van der Waals surface area contributed by atoms with Crippen molar-refractivity contribution in [2.24, 2.45) is 0 Å². The van der Waals surface area contributed by atoms with Crippen LogP contribution in [0.15, 0.2) is 0 Å². The number of aliphatic hydroxyl groups is 1. The van der Waals surface area contributed by atoms with Crippen molar-refractivity contribution in [2.75, 3.05) is 5.75 Å². The number of hydrogen-bond acceptors (Lipinski definition) is 4. The normalized spacial score (nSPS) is 29.0. The number of aliphatic hydroxyl groups excluding tert-OH is 1. The first-order chi connectivity index (χ1) is 8.31. The maximum absolute atomic E-state index is 9.60. The third kappa shape index (κ3) is 2.65. The van der Waals surface area contributed by atoms with Crippen molar-refractivity contribution >= 4 is 11.8 Å². The predicted octanol–water partition coefficient (Wildman–Crippen LogP) is 1.41. The van der Waals surface area contributed by atoms with Crippen molar-refractivity contribution in [1.29, 1.82) is 0 Å². The second-order valence-electron chi connectivity index (χ2n) is 5.01. The minimum atomic E-state index is -0.219. The van der Waals surface area contributed by atoms with Gasteiger partial charge in [0, 0.05) is 24.6 Å². The summed E-state index contributed by atoms with van der Waals surface area (Å²) in [6.45, 7) is 0.821. The molecule has 5 heteroatoms. The lowest BCUT2D eigenvalue weighted by molar-refractivity contribution is 0.138. The minimum absolute atomic E-state index is 0.219. The Kier molecular flexibility index (Phi) is 3.38. The zero-order valence-electron chi connectivity index (χ0n) is 10.0. The monoisotopic (exact) mass is 253 g/mol. The van der Waals surface area contributed by atoms with Crippen LogP contribution < -0.4 is 0 Å². The number of rotatable bonds is 2. The van der Waals surface area contributed by atoms with E-state index in [-0.39, 0.29) is 6.10 Å². The van der Waals surface area contributed by atoms with Gasteiger partial charge in [0.2, 0.25) is 0 Å². The fraction of sp³-hybridized carbons (Fsp3) is 0.833. The van der Waals surface area contributed by atoms with Gasteiger partial charge in [0.15, 0.2) is 5.82 Å². The van der Waals surface area contributed by atoms with Gasteiger partial charge in [-0.15, -0.1) is 0 Å². The Hall–Kier alpha value is -0.550. The molecule has 0 aliphatic carbocycles. The number of nitrogens with zero attached hydrogens (tertiary/aromatic N) is 3. The van der Waals surface area contributed by atoms with Crippen molar-refractivity contribution in [3.8, 4) is 0 Å². The van der Waals surface area contributed by atoms with Crippen LogP contribution in [0.25, 0.3) is 0 Å². The summed E-state index contributed by atoms with van der Waals surface area (Å²) >= 11 is 2.07. The lowest BCUT2D eigenvalue weighted by Crippen LogP contribution is -2.23. The van der Waals surface area contributed by atoms with E-state index in [1.165, 1.54) is 25.0 Å². The van der Waals surface area contributed by atoms with Gasteiger partial charge in [-0.2, -0.15) is 16.9 Å². The first-order valence-corrected chi connectivity index (χ1v) is 7.58. The fourth-order valence-electron chi connectivity index (χ4n) is 2.60. The second-order valence-corrected chi connectivity index (χ2v) is 6.41. The van der Waals surface area contributed by atoms with Crippen molar-refractivity contribution in [3.05, 3.63) is 11.6 Å². The number of aromatic nitrogens is 3. The molecule has 94 valence electrons. The third-order valence-electron chi connectivity index (χ3n) is 3.57. The highest BCUT2D eigenvalue weighted by Gasteiger charge is 2.22. The summed E-state index contributed by atoms with van der Waals surface area (Å²) in [5.74, 6) is 3.24. The summed E-state index contributed by atoms with van der Waals surface area (Å²) in [6.07, 6.45) is 6.28. The summed E-state index contributed by atoms with van der Waals surface area (Å²) in [6, 6.07) is 0. The van der Waals surface area contributed by atoms with Gasteiger partial charge in [0.1, 0.15) is 5.82 Å². The highest BCUT2D eigenvalue weighted by molar-refractivity contribution is 7.99. The Morgan fingerprint density at radius 2 is 2.29 bits per heavy atom. The van der Waals surface area contributed by atoms with Gasteiger partial charge in [-0.1, -0.05) is 6.42 Å². The molecule has 0 radical (unpaired) electrons. The van der Waals surface area contributed by atoms with Crippen LogP contribution in [0.3, 0.4) is 0 Å². The molecule has 0 amide bonds. The molecule has 0 spiro atoms. The smallest absolute Gasteiger partial charge is 0.152 e. The molecular weight excluding hydrogens is 234 g/mol. The van der Waals surface area contributed by atoms with E-state index in [1.54, 1.807) is 0 Å². The molecule has 0 bridgehead atoms. The standard InChI is InChI=1S/C12H19N3OS/c16-9-4-5-15-12(7-9)13-11(14-15)8-10-3-1-2-6-17-10/h9-10,16H,1-8H2. The molecule has 2 aliphatic rings. The number of fused-ring (bicyclic) bond motifs is 1. The SMILES string of the molecule is OC1CCn2nc(CC3CCCCS3)nc2C1. The topological polar surface area (TPSA) is 50.9 Å². The average molecular weight is 253 g/mol. The molecule has 2 unspecified atom stereocenters. The molecule has 3 heterocycles. The summed E-state index contributed by atoms with van der Waals surface area (Å²) in [4.78, 5) is 4.57. The van der Waals surface area contributed by atoms with Gasteiger partial charge in [-0.05, 0) is 25.0 Å². The van der Waals surface area contributed by atoms with Crippen LogP contribution in [0.2, 0.25) is 0 Å². The van der Waals surface area contributed by atoms with E-state index in [0.717, 1.165) is 31.0 Å². The van der Waals surface area contributed by atoms with Crippen molar-refractivity contribution in [3.63, 3.8) is 0 Å². The average Bonchev–Trinajstić information content (AvgIpc) is 2.71. The Morgan fingerprint density at radius 3 is 3.12 bits per heavy atom. The van der Waals surface area contributed by atoms with Crippen LogP contribution in [0.1, 0.15) is 37.3 Å². The van der Waals surface area contributed by atoms with E-state index in [1.807, 2.05) is 4.68 Å². The van der Waals surface area contributed by atoms with Gasteiger partial charge in [-0.25, -0.2) is 9.67 Å². The zero-order valence-corrected chi connectivity index (χ0v) is 10.8. The molecule has 2 aliphatic heterocycles. The molecular formula is C12H19N3OS. The van der Waals surface area contributed by atoms with Crippen molar-refractivity contribution < 1.29 is 5.11 Å². The highest BCUT2D eigenvalue weighted by atomic mass is 32.2. The lowest BCUT2D eigenvalue weighted by Gasteiger charge is -2.19. The minimum Gasteiger partial charge on any atom is -0.393 e. The Bertz CT molecular complexity index is 387. The van der Waals surface area contributed by atoms with Gasteiger partial charge in [0.25, 0.3) is 0 Å². The van der Waals surface area contributed by atoms with Crippen LogP contribution in [-0.2, 0) is 19.4 Å². The quantitative estimate of drug-likeness (QED) is 0.866. The van der Waals surface area contributed by atoms with Crippen LogP contribution >= 0.6 is 11.8 Å². The van der Waals surface area contributed by atoms with Gasteiger partial charge >= 0.3 is 0 Å². The summed E-state index contributed by atoms with van der Waals surface area (Å²) in [5.41, 5.74) is 0. The highest BCUT2D eigenvalue weighted by Crippen LogP contribution is 2.27. The largest absolute Gasteiger partial charge is 0.393 e. The molecule has 0 aromatic carbocycles. The number of aryl methyl sites for hydroxylation is 1. The van der Waals surface area contributed by atoms with Gasteiger partial charge < -0.3 is 5.11 Å². The summed E-state index contributed by atoms with van der Waals surface area (Å²) < 4.78 is 1.98. The molecule has 1 aromatic rings. The maximum atomic E-state index is 9.60. The molecule has 1 fully saturated rings. The lowest BCUT2D eigenvalue weighted by atomic mass is 10.1. The Balaban J connectivity index is 1.67. The van der Waals surface area contributed by atoms with Crippen molar-refractivity contribution in [2.45, 2.75) is 56.4 Å². The van der Waals surface area contributed by atoms with Crippen LogP contribution in [0.4, 0.5) is 0 Å². The van der Waals surface area contributed by atoms with Crippen LogP contribution in [-0.4, -0.2) is 37.0 Å². The van der Waals surface area contributed by atoms with E-state index < -0.39 is 0 Å². The first-order valence-electron chi connectivity index (χ1n) is 6.53. The summed E-state index contributed by atoms with van der Waals surface area (Å²) in [5, 5.41) is 14.9. The third-order valence-corrected chi connectivity index (χ3v) is 4.97. The zero-order chi connectivity index (χ0) is 11.7.